The zero-order valence-corrected chi connectivity index (χ0v) is 9.28. The van der Waals surface area contributed by atoms with Crippen LogP contribution in [-0.4, -0.2) is 11.3 Å². The number of ether oxygens (including phenoxy) is 1. The van der Waals surface area contributed by atoms with E-state index in [1.54, 1.807) is 0 Å². The quantitative estimate of drug-likeness (QED) is 0.694. The maximum absolute atomic E-state index is 11.7. The molecule has 0 bridgehead atoms. The molecule has 0 N–H and O–H groups in total. The highest BCUT2D eigenvalue weighted by Crippen LogP contribution is 2.25. The minimum absolute atomic E-state index is 0.0372. The largest absolute Gasteiger partial charge is 0.574 e. The van der Waals surface area contributed by atoms with Crippen LogP contribution >= 0.6 is 11.6 Å². The smallest absolute Gasteiger partial charge is 0.388 e. The van der Waals surface area contributed by atoms with Gasteiger partial charge in [-0.3, -0.25) is 0 Å². The highest BCUT2D eigenvalue weighted by molar-refractivity contribution is 6.29. The van der Waals surface area contributed by atoms with Gasteiger partial charge in [0.05, 0.1) is 0 Å². The molecule has 1 aromatic rings. The summed E-state index contributed by atoms with van der Waals surface area (Å²) in [6.07, 6.45) is -4.73. The van der Waals surface area contributed by atoms with Crippen molar-refractivity contribution < 1.29 is 17.9 Å². The molecule has 0 aliphatic carbocycles. The predicted octanol–water partition coefficient (Wildman–Crippen LogP) is 3.97. The van der Waals surface area contributed by atoms with Crippen LogP contribution in [0, 0.1) is 6.92 Å². The number of alkyl halides is 3. The van der Waals surface area contributed by atoms with Gasteiger partial charge in [0.15, 0.2) is 0 Å². The highest BCUT2D eigenvalue weighted by Gasteiger charge is 2.32. The van der Waals surface area contributed by atoms with Crippen LogP contribution in [0.3, 0.4) is 0 Å². The molecule has 0 fully saturated rings. The lowest BCUT2D eigenvalue weighted by atomic mass is 10.3. The van der Waals surface area contributed by atoms with Gasteiger partial charge in [0.2, 0.25) is 5.88 Å². The standard InChI is InChI=1S/C7H5ClF3NO.C2H6/c1-4-2-3-5(8)12-6(4)13-7(9,10)11;1-2/h2-3H,1H3;1-2H3. The van der Waals surface area contributed by atoms with Gasteiger partial charge >= 0.3 is 6.36 Å². The van der Waals surface area contributed by atoms with Crippen LogP contribution in [0.15, 0.2) is 12.1 Å². The second-order valence-electron chi connectivity index (χ2n) is 2.30. The summed E-state index contributed by atoms with van der Waals surface area (Å²) in [5, 5.41) is -0.0372. The van der Waals surface area contributed by atoms with E-state index in [0.29, 0.717) is 0 Å². The molecule has 0 saturated heterocycles. The van der Waals surface area contributed by atoms with E-state index in [-0.39, 0.29) is 10.7 Å². The van der Waals surface area contributed by atoms with Crippen molar-refractivity contribution in [3.63, 3.8) is 0 Å². The van der Waals surface area contributed by atoms with Gasteiger partial charge in [-0.25, -0.2) is 4.98 Å². The van der Waals surface area contributed by atoms with Gasteiger partial charge < -0.3 is 4.74 Å². The Labute approximate surface area is 91.0 Å². The second kappa shape index (κ2) is 5.80. The zero-order valence-electron chi connectivity index (χ0n) is 8.52. The van der Waals surface area contributed by atoms with Crippen molar-refractivity contribution in [2.75, 3.05) is 0 Å². The van der Waals surface area contributed by atoms with Crippen LogP contribution in [0.4, 0.5) is 13.2 Å². The summed E-state index contributed by atoms with van der Waals surface area (Å²) in [7, 11) is 0. The number of aryl methyl sites for hydroxylation is 1. The Kier molecular flexibility index (Phi) is 5.43. The Morgan fingerprint density at radius 3 is 2.27 bits per heavy atom. The summed E-state index contributed by atoms with van der Waals surface area (Å²) in [4.78, 5) is 3.38. The fraction of sp³-hybridized carbons (Fsp3) is 0.444. The van der Waals surface area contributed by atoms with Gasteiger partial charge in [0, 0.05) is 5.56 Å². The van der Waals surface area contributed by atoms with Gasteiger partial charge in [-0.2, -0.15) is 0 Å². The molecular weight excluding hydrogens is 231 g/mol. The Bertz CT molecular complexity index is 315. The highest BCUT2D eigenvalue weighted by atomic mass is 35.5. The molecule has 0 saturated carbocycles. The molecule has 1 aromatic heterocycles. The van der Waals surface area contributed by atoms with E-state index < -0.39 is 12.2 Å². The molecule has 15 heavy (non-hydrogen) atoms. The Balaban J connectivity index is 0.000000921. The minimum atomic E-state index is -4.73. The van der Waals surface area contributed by atoms with Crippen LogP contribution < -0.4 is 4.74 Å². The average molecular weight is 242 g/mol. The number of hydrogen-bond donors (Lipinski definition) is 0. The van der Waals surface area contributed by atoms with Crippen LogP contribution in [0.25, 0.3) is 0 Å². The SMILES string of the molecule is CC.Cc1ccc(Cl)nc1OC(F)(F)F. The lowest BCUT2D eigenvalue weighted by molar-refractivity contribution is -0.276. The van der Waals surface area contributed by atoms with Gasteiger partial charge in [0.25, 0.3) is 0 Å². The Morgan fingerprint density at radius 2 is 1.80 bits per heavy atom. The summed E-state index contributed by atoms with van der Waals surface area (Å²) < 4.78 is 38.9. The molecular formula is C9H11ClF3NO. The van der Waals surface area contributed by atoms with Crippen molar-refractivity contribution in [1.29, 1.82) is 0 Å². The Morgan fingerprint density at radius 1 is 1.27 bits per heavy atom. The van der Waals surface area contributed by atoms with E-state index in [1.165, 1.54) is 19.1 Å². The molecule has 6 heteroatoms. The van der Waals surface area contributed by atoms with Crippen LogP contribution in [0.1, 0.15) is 19.4 Å². The summed E-state index contributed by atoms with van der Waals surface area (Å²) in [6.45, 7) is 5.45. The lowest BCUT2D eigenvalue weighted by Gasteiger charge is -2.09. The second-order valence-corrected chi connectivity index (χ2v) is 2.69. The first-order valence-electron chi connectivity index (χ1n) is 4.27. The third kappa shape index (κ3) is 5.47. The number of nitrogens with zero attached hydrogens (tertiary/aromatic N) is 1. The van der Waals surface area contributed by atoms with E-state index in [4.69, 9.17) is 11.6 Å². The normalized spacial score (nSPS) is 10.3. The number of halogens is 4. The van der Waals surface area contributed by atoms with Crippen molar-refractivity contribution in [3.8, 4) is 5.88 Å². The first-order chi connectivity index (χ1) is 6.88. The maximum Gasteiger partial charge on any atom is 0.574 e. The lowest BCUT2D eigenvalue weighted by Crippen LogP contribution is -2.18. The van der Waals surface area contributed by atoms with E-state index in [2.05, 4.69) is 9.72 Å². The number of pyridine rings is 1. The summed E-state index contributed by atoms with van der Waals surface area (Å²) >= 11 is 5.39. The molecule has 1 heterocycles. The van der Waals surface area contributed by atoms with Gasteiger partial charge in [-0.15, -0.1) is 13.2 Å². The van der Waals surface area contributed by atoms with Crippen molar-refractivity contribution in [2.45, 2.75) is 27.1 Å². The summed E-state index contributed by atoms with van der Waals surface area (Å²) in [6, 6.07) is 2.79. The van der Waals surface area contributed by atoms with E-state index >= 15 is 0 Å². The maximum atomic E-state index is 11.7. The topological polar surface area (TPSA) is 22.1 Å². The van der Waals surface area contributed by atoms with Crippen molar-refractivity contribution >= 4 is 11.6 Å². The van der Waals surface area contributed by atoms with Crippen LogP contribution in [0.2, 0.25) is 5.15 Å². The molecule has 0 aliphatic rings. The number of rotatable bonds is 1. The molecule has 0 amide bonds. The fourth-order valence-corrected chi connectivity index (χ4v) is 0.840. The Hall–Kier alpha value is -0.970. The molecule has 0 radical (unpaired) electrons. The monoisotopic (exact) mass is 241 g/mol. The van der Waals surface area contributed by atoms with Gasteiger partial charge in [-0.1, -0.05) is 31.5 Å². The molecule has 1 rings (SSSR count). The zero-order chi connectivity index (χ0) is 12.1. The van der Waals surface area contributed by atoms with Gasteiger partial charge in [0.1, 0.15) is 5.15 Å². The summed E-state index contributed by atoms with van der Waals surface area (Å²) in [5.41, 5.74) is 0.279. The van der Waals surface area contributed by atoms with Crippen LogP contribution in [-0.2, 0) is 0 Å². The average Bonchev–Trinajstić information content (AvgIpc) is 2.12. The van der Waals surface area contributed by atoms with E-state index in [0.717, 1.165) is 0 Å². The minimum Gasteiger partial charge on any atom is -0.388 e. The number of hydrogen-bond acceptors (Lipinski definition) is 2. The third-order valence-electron chi connectivity index (χ3n) is 1.23. The van der Waals surface area contributed by atoms with Crippen LogP contribution in [0.5, 0.6) is 5.88 Å². The number of aromatic nitrogens is 1. The third-order valence-corrected chi connectivity index (χ3v) is 1.44. The summed E-state index contributed by atoms with van der Waals surface area (Å²) in [5.74, 6) is -0.514. The first-order valence-corrected chi connectivity index (χ1v) is 4.65. The molecule has 0 aromatic carbocycles. The van der Waals surface area contributed by atoms with E-state index in [9.17, 15) is 13.2 Å². The molecule has 0 aliphatic heterocycles. The molecule has 86 valence electrons. The van der Waals surface area contributed by atoms with Crippen molar-refractivity contribution in [1.82, 2.24) is 4.98 Å². The predicted molar refractivity (Wildman–Crippen MR) is 52.0 cm³/mol. The molecule has 0 unspecified atom stereocenters. The van der Waals surface area contributed by atoms with Gasteiger partial charge in [-0.05, 0) is 13.0 Å². The fourth-order valence-electron chi connectivity index (χ4n) is 0.700. The van der Waals surface area contributed by atoms with Crippen molar-refractivity contribution in [2.24, 2.45) is 0 Å². The molecule has 0 atom stereocenters. The van der Waals surface area contributed by atoms with Crippen molar-refractivity contribution in [3.05, 3.63) is 22.8 Å². The first kappa shape index (κ1) is 14.0. The molecule has 2 nitrogen and oxygen atoms in total. The van der Waals surface area contributed by atoms with E-state index in [1.807, 2.05) is 13.8 Å². The molecule has 0 spiro atoms.